The summed E-state index contributed by atoms with van der Waals surface area (Å²) in [4.78, 5) is 12.4. The molecule has 1 aliphatic rings. The molecule has 3 rings (SSSR count). The van der Waals surface area contributed by atoms with Gasteiger partial charge in [-0.05, 0) is 62.1 Å². The van der Waals surface area contributed by atoms with E-state index in [1.54, 1.807) is 26.4 Å². The molecule has 0 aliphatic heterocycles. The van der Waals surface area contributed by atoms with Crippen molar-refractivity contribution in [1.29, 1.82) is 0 Å². The number of benzene rings is 2. The fraction of sp³-hybridized carbons (Fsp3) is 0.318. The first-order valence-corrected chi connectivity index (χ1v) is 9.16. The molecule has 0 radical (unpaired) electrons. The van der Waals surface area contributed by atoms with Crippen molar-refractivity contribution in [1.82, 2.24) is 0 Å². The number of hydrogen-bond acceptors (Lipinski definition) is 4. The van der Waals surface area contributed by atoms with Crippen LogP contribution >= 0.6 is 0 Å². The van der Waals surface area contributed by atoms with E-state index in [0.29, 0.717) is 22.9 Å². The molecule has 1 saturated carbocycles. The molecule has 5 nitrogen and oxygen atoms in total. The number of hydrogen-bond donors (Lipinski definition) is 1. The number of nitrogens with one attached hydrogen (secondary N) is 1. The molecule has 27 heavy (non-hydrogen) atoms. The van der Waals surface area contributed by atoms with Crippen molar-refractivity contribution in [2.75, 3.05) is 19.5 Å². The van der Waals surface area contributed by atoms with Crippen LogP contribution in [0.25, 0.3) is 6.08 Å². The second kappa shape index (κ2) is 9.12. The van der Waals surface area contributed by atoms with Gasteiger partial charge in [-0.15, -0.1) is 0 Å². The van der Waals surface area contributed by atoms with Crippen LogP contribution in [0.15, 0.2) is 48.5 Å². The first-order chi connectivity index (χ1) is 13.2. The zero-order chi connectivity index (χ0) is 19.1. The number of anilines is 1. The average Bonchev–Trinajstić information content (AvgIpc) is 3.20. The molecule has 0 spiro atoms. The highest BCUT2D eigenvalue weighted by atomic mass is 16.5. The molecule has 0 unspecified atom stereocenters. The Labute approximate surface area is 159 Å². The fourth-order valence-electron chi connectivity index (χ4n) is 3.17. The van der Waals surface area contributed by atoms with E-state index >= 15 is 0 Å². The minimum atomic E-state index is -0.234. The molecule has 0 aromatic heterocycles. The molecular weight excluding hydrogens is 342 g/mol. The standard InChI is InChI=1S/C22H25NO4/c1-25-18-12-13-20(26-2)16(15-18)11-14-22(24)23-19-9-5-6-10-21(19)27-17-7-3-4-8-17/h5-6,9-15,17H,3-4,7-8H2,1-2H3,(H,23,24)/b14-11+. The number of ether oxygens (including phenoxy) is 3. The molecule has 5 heteroatoms. The Bertz CT molecular complexity index is 810. The topological polar surface area (TPSA) is 56.8 Å². The molecule has 2 aromatic carbocycles. The zero-order valence-corrected chi connectivity index (χ0v) is 15.7. The summed E-state index contributed by atoms with van der Waals surface area (Å²) in [5, 5.41) is 2.90. The number of rotatable bonds is 7. The van der Waals surface area contributed by atoms with Crippen LogP contribution < -0.4 is 19.5 Å². The van der Waals surface area contributed by atoms with Gasteiger partial charge in [0.25, 0.3) is 0 Å². The fourth-order valence-corrected chi connectivity index (χ4v) is 3.17. The quantitative estimate of drug-likeness (QED) is 0.722. The van der Waals surface area contributed by atoms with Gasteiger partial charge in [-0.2, -0.15) is 0 Å². The van der Waals surface area contributed by atoms with E-state index in [9.17, 15) is 4.79 Å². The minimum Gasteiger partial charge on any atom is -0.497 e. The largest absolute Gasteiger partial charge is 0.497 e. The molecule has 0 atom stereocenters. The lowest BCUT2D eigenvalue weighted by Gasteiger charge is -2.16. The number of para-hydroxylation sites is 2. The lowest BCUT2D eigenvalue weighted by Crippen LogP contribution is -2.14. The van der Waals surface area contributed by atoms with Crippen molar-refractivity contribution in [3.05, 3.63) is 54.1 Å². The third kappa shape index (κ3) is 5.03. The van der Waals surface area contributed by atoms with E-state index < -0.39 is 0 Å². The van der Waals surface area contributed by atoms with Crippen LogP contribution in [0.2, 0.25) is 0 Å². The van der Waals surface area contributed by atoms with Gasteiger partial charge in [-0.25, -0.2) is 0 Å². The average molecular weight is 367 g/mol. The van der Waals surface area contributed by atoms with Crippen molar-refractivity contribution in [2.24, 2.45) is 0 Å². The first kappa shape index (κ1) is 18.8. The summed E-state index contributed by atoms with van der Waals surface area (Å²) in [6.45, 7) is 0. The third-order valence-corrected chi connectivity index (χ3v) is 4.59. The predicted molar refractivity (Wildman–Crippen MR) is 107 cm³/mol. The lowest BCUT2D eigenvalue weighted by atomic mass is 10.1. The SMILES string of the molecule is COc1ccc(OC)c(/C=C/C(=O)Nc2ccccc2OC2CCCC2)c1. The number of carbonyl (C=O) groups excluding carboxylic acids is 1. The van der Waals surface area contributed by atoms with E-state index in [4.69, 9.17) is 14.2 Å². The molecule has 0 bridgehead atoms. The normalized spacial score (nSPS) is 14.3. The molecule has 0 heterocycles. The van der Waals surface area contributed by atoms with Crippen LogP contribution in [0.1, 0.15) is 31.2 Å². The van der Waals surface area contributed by atoms with E-state index in [-0.39, 0.29) is 12.0 Å². The van der Waals surface area contributed by atoms with Gasteiger partial charge in [-0.1, -0.05) is 12.1 Å². The summed E-state index contributed by atoms with van der Waals surface area (Å²) in [5.74, 6) is 1.85. The Balaban J connectivity index is 1.70. The summed E-state index contributed by atoms with van der Waals surface area (Å²) in [6, 6.07) is 13.0. The molecule has 1 N–H and O–H groups in total. The molecular formula is C22H25NO4. The van der Waals surface area contributed by atoms with Gasteiger partial charge in [0.05, 0.1) is 26.0 Å². The summed E-state index contributed by atoms with van der Waals surface area (Å²) >= 11 is 0. The molecule has 1 aliphatic carbocycles. The van der Waals surface area contributed by atoms with Crippen LogP contribution in [0.5, 0.6) is 17.2 Å². The van der Waals surface area contributed by atoms with Gasteiger partial charge in [0, 0.05) is 11.6 Å². The monoisotopic (exact) mass is 367 g/mol. The summed E-state index contributed by atoms with van der Waals surface area (Å²) in [5.41, 5.74) is 1.44. The number of amides is 1. The highest BCUT2D eigenvalue weighted by Gasteiger charge is 2.18. The zero-order valence-electron chi connectivity index (χ0n) is 15.7. The second-order valence-corrected chi connectivity index (χ2v) is 6.45. The Morgan fingerprint density at radius 3 is 2.56 bits per heavy atom. The number of methoxy groups -OCH3 is 2. The van der Waals surface area contributed by atoms with E-state index in [1.807, 2.05) is 36.4 Å². The summed E-state index contributed by atoms with van der Waals surface area (Å²) in [6.07, 6.45) is 7.95. The minimum absolute atomic E-state index is 0.234. The van der Waals surface area contributed by atoms with E-state index in [2.05, 4.69) is 5.32 Å². The molecule has 1 fully saturated rings. The Morgan fingerprint density at radius 2 is 1.81 bits per heavy atom. The lowest BCUT2D eigenvalue weighted by molar-refractivity contribution is -0.111. The van der Waals surface area contributed by atoms with Crippen LogP contribution in [0.3, 0.4) is 0 Å². The van der Waals surface area contributed by atoms with Crippen LogP contribution in [-0.2, 0) is 4.79 Å². The van der Waals surface area contributed by atoms with Crippen molar-refractivity contribution in [2.45, 2.75) is 31.8 Å². The van der Waals surface area contributed by atoms with E-state index in [0.717, 1.165) is 18.4 Å². The maximum atomic E-state index is 12.4. The van der Waals surface area contributed by atoms with Gasteiger partial charge >= 0.3 is 0 Å². The Kier molecular flexibility index (Phi) is 6.36. The van der Waals surface area contributed by atoms with Gasteiger partial charge < -0.3 is 19.5 Å². The summed E-state index contributed by atoms with van der Waals surface area (Å²) < 4.78 is 16.6. The van der Waals surface area contributed by atoms with Crippen molar-refractivity contribution < 1.29 is 19.0 Å². The van der Waals surface area contributed by atoms with Crippen LogP contribution in [0, 0.1) is 0 Å². The highest BCUT2D eigenvalue weighted by Crippen LogP contribution is 2.30. The van der Waals surface area contributed by atoms with Gasteiger partial charge in [0.1, 0.15) is 17.2 Å². The summed E-state index contributed by atoms with van der Waals surface area (Å²) in [7, 11) is 3.19. The molecule has 0 saturated heterocycles. The smallest absolute Gasteiger partial charge is 0.248 e. The van der Waals surface area contributed by atoms with Crippen molar-refractivity contribution in [3.8, 4) is 17.2 Å². The third-order valence-electron chi connectivity index (χ3n) is 4.59. The highest BCUT2D eigenvalue weighted by molar-refractivity contribution is 6.03. The van der Waals surface area contributed by atoms with Gasteiger partial charge in [0.2, 0.25) is 5.91 Å². The number of carbonyl (C=O) groups is 1. The van der Waals surface area contributed by atoms with Gasteiger partial charge in [0.15, 0.2) is 0 Å². The molecule has 142 valence electrons. The predicted octanol–water partition coefficient (Wildman–Crippen LogP) is 4.68. The Hall–Kier alpha value is -2.95. The van der Waals surface area contributed by atoms with Crippen LogP contribution in [0.4, 0.5) is 5.69 Å². The molecule has 2 aromatic rings. The maximum absolute atomic E-state index is 12.4. The van der Waals surface area contributed by atoms with Gasteiger partial charge in [-0.3, -0.25) is 4.79 Å². The Morgan fingerprint density at radius 1 is 1.04 bits per heavy atom. The van der Waals surface area contributed by atoms with Crippen LogP contribution in [-0.4, -0.2) is 26.2 Å². The van der Waals surface area contributed by atoms with Crippen molar-refractivity contribution in [3.63, 3.8) is 0 Å². The van der Waals surface area contributed by atoms with Crippen molar-refractivity contribution >= 4 is 17.7 Å². The first-order valence-electron chi connectivity index (χ1n) is 9.16. The second-order valence-electron chi connectivity index (χ2n) is 6.45. The van der Waals surface area contributed by atoms with E-state index in [1.165, 1.54) is 18.9 Å². The molecule has 1 amide bonds. The maximum Gasteiger partial charge on any atom is 0.248 e.